The lowest BCUT2D eigenvalue weighted by atomic mass is 10.0. The van der Waals surface area contributed by atoms with Gasteiger partial charge in [-0.2, -0.15) is 0 Å². The molecule has 0 amide bonds. The van der Waals surface area contributed by atoms with Crippen LogP contribution in [0.2, 0.25) is 0 Å². The van der Waals surface area contributed by atoms with E-state index in [4.69, 9.17) is 9.57 Å². The fraction of sp³-hybridized carbons (Fsp3) is 0.0667. The summed E-state index contributed by atoms with van der Waals surface area (Å²) in [5.41, 5.74) is 1.84. The van der Waals surface area contributed by atoms with E-state index in [9.17, 15) is 4.79 Å². The first kappa shape index (κ1) is 12.6. The van der Waals surface area contributed by atoms with Crippen molar-refractivity contribution >= 4 is 29.1 Å². The highest BCUT2D eigenvalue weighted by molar-refractivity contribution is 7.10. The number of ether oxygens (including phenoxy) is 1. The lowest BCUT2D eigenvalue weighted by molar-refractivity contribution is -0.136. The second kappa shape index (κ2) is 5.30. The standard InChI is InChI=1S/C15H11NO3S/c1-18-11-6-4-10(5-7-11)14-13(15(17)19-16-14)9-12-3-2-8-20-12/h2-9H,1H3. The summed E-state index contributed by atoms with van der Waals surface area (Å²) in [7, 11) is 1.61. The van der Waals surface area contributed by atoms with E-state index in [1.165, 1.54) is 0 Å². The van der Waals surface area contributed by atoms with Gasteiger partial charge in [0.05, 0.1) is 12.7 Å². The summed E-state index contributed by atoms with van der Waals surface area (Å²) >= 11 is 1.56. The molecular formula is C15H11NO3S. The van der Waals surface area contributed by atoms with E-state index in [-0.39, 0.29) is 0 Å². The van der Waals surface area contributed by atoms with Gasteiger partial charge < -0.3 is 9.57 Å². The maximum absolute atomic E-state index is 11.8. The van der Waals surface area contributed by atoms with E-state index in [1.807, 2.05) is 41.8 Å². The van der Waals surface area contributed by atoms with Crippen LogP contribution < -0.4 is 4.74 Å². The number of methoxy groups -OCH3 is 1. The molecule has 0 N–H and O–H groups in total. The van der Waals surface area contributed by atoms with Crippen LogP contribution in [-0.4, -0.2) is 18.8 Å². The third-order valence-electron chi connectivity index (χ3n) is 2.89. The van der Waals surface area contributed by atoms with Crippen molar-refractivity contribution < 1.29 is 14.4 Å². The molecule has 1 aromatic carbocycles. The highest BCUT2D eigenvalue weighted by Crippen LogP contribution is 2.23. The second-order valence-corrected chi connectivity index (χ2v) is 5.10. The molecule has 5 heteroatoms. The van der Waals surface area contributed by atoms with E-state index in [0.717, 1.165) is 16.2 Å². The monoisotopic (exact) mass is 285 g/mol. The first-order chi connectivity index (χ1) is 9.78. The number of carbonyl (C=O) groups is 1. The van der Waals surface area contributed by atoms with Crippen molar-refractivity contribution in [3.8, 4) is 5.75 Å². The molecule has 3 rings (SSSR count). The van der Waals surface area contributed by atoms with Gasteiger partial charge in [-0.05, 0) is 41.8 Å². The Morgan fingerprint density at radius 3 is 2.70 bits per heavy atom. The maximum atomic E-state index is 11.8. The van der Waals surface area contributed by atoms with Crippen molar-refractivity contribution in [2.75, 3.05) is 7.11 Å². The topological polar surface area (TPSA) is 47.9 Å². The third-order valence-corrected chi connectivity index (χ3v) is 3.71. The molecule has 0 saturated carbocycles. The van der Waals surface area contributed by atoms with E-state index in [0.29, 0.717) is 11.3 Å². The molecule has 1 aromatic heterocycles. The Morgan fingerprint density at radius 2 is 2.05 bits per heavy atom. The van der Waals surface area contributed by atoms with Crippen LogP contribution in [0.25, 0.3) is 6.08 Å². The van der Waals surface area contributed by atoms with E-state index in [1.54, 1.807) is 24.5 Å². The van der Waals surface area contributed by atoms with Gasteiger partial charge in [-0.15, -0.1) is 11.3 Å². The van der Waals surface area contributed by atoms with Gasteiger partial charge in [0.2, 0.25) is 0 Å². The van der Waals surface area contributed by atoms with Crippen molar-refractivity contribution in [3.63, 3.8) is 0 Å². The van der Waals surface area contributed by atoms with Crippen LogP contribution in [0.15, 0.2) is 52.5 Å². The second-order valence-electron chi connectivity index (χ2n) is 4.12. The molecule has 100 valence electrons. The molecule has 0 atom stereocenters. The number of hydrogen-bond donors (Lipinski definition) is 0. The summed E-state index contributed by atoms with van der Waals surface area (Å²) in [6.45, 7) is 0. The van der Waals surface area contributed by atoms with Gasteiger partial charge in [-0.1, -0.05) is 11.2 Å². The fourth-order valence-electron chi connectivity index (χ4n) is 1.88. The molecule has 0 unspecified atom stereocenters. The number of nitrogens with zero attached hydrogens (tertiary/aromatic N) is 1. The first-order valence-corrected chi connectivity index (χ1v) is 6.85. The smallest absolute Gasteiger partial charge is 0.368 e. The summed E-state index contributed by atoms with van der Waals surface area (Å²) in [4.78, 5) is 17.6. The summed E-state index contributed by atoms with van der Waals surface area (Å²) in [5.74, 6) is 0.326. The molecule has 0 aliphatic carbocycles. The minimum absolute atomic E-state index is 0.427. The molecule has 4 nitrogen and oxygen atoms in total. The van der Waals surface area contributed by atoms with Crippen LogP contribution in [-0.2, 0) is 9.63 Å². The average molecular weight is 285 g/mol. The van der Waals surface area contributed by atoms with Gasteiger partial charge in [-0.25, -0.2) is 4.79 Å². The zero-order valence-corrected chi connectivity index (χ0v) is 11.5. The van der Waals surface area contributed by atoms with Gasteiger partial charge in [0.25, 0.3) is 0 Å². The Labute approximate surface area is 119 Å². The minimum Gasteiger partial charge on any atom is -0.497 e. The average Bonchev–Trinajstić information content (AvgIpc) is 3.11. The van der Waals surface area contributed by atoms with E-state index >= 15 is 0 Å². The molecule has 0 radical (unpaired) electrons. The lowest BCUT2D eigenvalue weighted by Crippen LogP contribution is -2.06. The highest BCUT2D eigenvalue weighted by atomic mass is 32.1. The molecule has 20 heavy (non-hydrogen) atoms. The summed E-state index contributed by atoms with van der Waals surface area (Å²) in [5, 5.41) is 5.82. The number of rotatable bonds is 3. The van der Waals surface area contributed by atoms with Crippen LogP contribution in [0.3, 0.4) is 0 Å². The number of carbonyl (C=O) groups excluding carboxylic acids is 1. The Kier molecular flexibility index (Phi) is 3.35. The van der Waals surface area contributed by atoms with Crippen molar-refractivity contribution in [2.24, 2.45) is 5.16 Å². The van der Waals surface area contributed by atoms with Gasteiger partial charge >= 0.3 is 5.97 Å². The Balaban J connectivity index is 1.97. The zero-order chi connectivity index (χ0) is 13.9. The van der Waals surface area contributed by atoms with Crippen LogP contribution in [0, 0.1) is 0 Å². The maximum Gasteiger partial charge on any atom is 0.368 e. The highest BCUT2D eigenvalue weighted by Gasteiger charge is 2.26. The fourth-order valence-corrected chi connectivity index (χ4v) is 2.54. The van der Waals surface area contributed by atoms with E-state index in [2.05, 4.69) is 5.16 Å². The van der Waals surface area contributed by atoms with Crippen LogP contribution >= 0.6 is 11.3 Å². The third kappa shape index (κ3) is 2.35. The number of benzene rings is 1. The minimum atomic E-state index is -0.427. The predicted octanol–water partition coefficient (Wildman–Crippen LogP) is 3.10. The van der Waals surface area contributed by atoms with Gasteiger partial charge in [0, 0.05) is 10.4 Å². The largest absolute Gasteiger partial charge is 0.497 e. The SMILES string of the molecule is COc1ccc(C2=NOC(=O)C2=Cc2cccs2)cc1. The molecule has 1 aliphatic heterocycles. The Morgan fingerprint density at radius 1 is 1.25 bits per heavy atom. The van der Waals surface area contributed by atoms with Crippen molar-refractivity contribution in [2.45, 2.75) is 0 Å². The van der Waals surface area contributed by atoms with Gasteiger partial charge in [-0.3, -0.25) is 0 Å². The number of hydrogen-bond acceptors (Lipinski definition) is 5. The quantitative estimate of drug-likeness (QED) is 0.643. The molecule has 0 spiro atoms. The summed E-state index contributed by atoms with van der Waals surface area (Å²) in [6, 6.07) is 11.2. The Hall–Kier alpha value is -2.40. The summed E-state index contributed by atoms with van der Waals surface area (Å²) < 4.78 is 5.11. The number of oxime groups is 1. The first-order valence-electron chi connectivity index (χ1n) is 5.97. The molecule has 0 fully saturated rings. The molecule has 0 saturated heterocycles. The molecule has 1 aliphatic rings. The van der Waals surface area contributed by atoms with Gasteiger partial charge in [0.1, 0.15) is 11.5 Å². The van der Waals surface area contributed by atoms with Crippen molar-refractivity contribution in [1.82, 2.24) is 0 Å². The van der Waals surface area contributed by atoms with Crippen LogP contribution in [0.4, 0.5) is 0 Å². The van der Waals surface area contributed by atoms with Crippen molar-refractivity contribution in [1.29, 1.82) is 0 Å². The zero-order valence-electron chi connectivity index (χ0n) is 10.7. The number of thiophene rings is 1. The summed E-state index contributed by atoms with van der Waals surface area (Å²) in [6.07, 6.45) is 1.79. The van der Waals surface area contributed by atoms with Gasteiger partial charge in [0.15, 0.2) is 0 Å². The predicted molar refractivity (Wildman–Crippen MR) is 77.9 cm³/mol. The normalized spacial score (nSPS) is 16.1. The van der Waals surface area contributed by atoms with Crippen LogP contribution in [0.1, 0.15) is 10.4 Å². The molecular weight excluding hydrogens is 274 g/mol. The Bertz CT molecular complexity index is 684. The van der Waals surface area contributed by atoms with Crippen molar-refractivity contribution in [3.05, 3.63) is 57.8 Å². The van der Waals surface area contributed by atoms with Crippen LogP contribution in [0.5, 0.6) is 5.75 Å². The molecule has 2 heterocycles. The lowest BCUT2D eigenvalue weighted by Gasteiger charge is -2.02. The molecule has 0 bridgehead atoms. The molecule has 2 aromatic rings. The van der Waals surface area contributed by atoms with E-state index < -0.39 is 5.97 Å².